The molecule has 0 aliphatic rings. The van der Waals surface area contributed by atoms with Crippen molar-refractivity contribution in [2.45, 2.75) is 32.2 Å². The molecule has 0 unspecified atom stereocenters. The van der Waals surface area contributed by atoms with Crippen molar-refractivity contribution in [3.05, 3.63) is 36.0 Å². The smallest absolute Gasteiger partial charge is 0.0481 e. The Hall–Kier alpha value is -0.930. The highest BCUT2D eigenvalue weighted by molar-refractivity contribution is 7.98. The molecule has 0 bridgehead atoms. The van der Waals surface area contributed by atoms with E-state index in [-0.39, 0.29) is 0 Å². The molecule has 1 N–H and O–H groups in total. The molecule has 0 saturated heterocycles. The number of para-hydroxylation sites is 1. The number of aryl methyl sites for hydroxylation is 1. The summed E-state index contributed by atoms with van der Waals surface area (Å²) in [6.45, 7) is 2.11. The number of nitrogens with zero attached hydrogens (tertiary/aromatic N) is 1. The first-order valence-electron chi connectivity index (χ1n) is 7.55. The molecule has 0 saturated carbocycles. The van der Waals surface area contributed by atoms with Crippen LogP contribution < -0.4 is 5.32 Å². The molecule has 2 aromatic rings. The molecule has 2 rings (SSSR count). The topological polar surface area (TPSA) is 17.0 Å². The third-order valence-corrected chi connectivity index (χ3v) is 4.44. The van der Waals surface area contributed by atoms with E-state index in [1.807, 2.05) is 11.8 Å². The van der Waals surface area contributed by atoms with Gasteiger partial charge in [-0.15, -0.1) is 0 Å². The molecule has 0 atom stereocenters. The van der Waals surface area contributed by atoms with Crippen molar-refractivity contribution in [3.63, 3.8) is 0 Å². The summed E-state index contributed by atoms with van der Waals surface area (Å²) in [6, 6.07) is 8.63. The van der Waals surface area contributed by atoms with Crippen molar-refractivity contribution in [1.29, 1.82) is 0 Å². The molecule has 0 fully saturated rings. The molecule has 0 radical (unpaired) electrons. The SMILES string of the molecule is CSCCCCCCNCc1cn(C)c2ccccc12. The first-order valence-corrected chi connectivity index (χ1v) is 8.95. The summed E-state index contributed by atoms with van der Waals surface area (Å²) < 4.78 is 2.22. The predicted octanol–water partition coefficient (Wildman–Crippen LogP) is 4.19. The summed E-state index contributed by atoms with van der Waals surface area (Å²) in [5.74, 6) is 1.31. The van der Waals surface area contributed by atoms with Crippen molar-refractivity contribution >= 4 is 22.7 Å². The van der Waals surface area contributed by atoms with Gasteiger partial charge in [-0.05, 0) is 43.0 Å². The van der Waals surface area contributed by atoms with Gasteiger partial charge >= 0.3 is 0 Å². The minimum absolute atomic E-state index is 0.978. The molecule has 2 nitrogen and oxygen atoms in total. The Morgan fingerprint density at radius 2 is 1.90 bits per heavy atom. The lowest BCUT2D eigenvalue weighted by Gasteiger charge is -2.04. The van der Waals surface area contributed by atoms with Crippen molar-refractivity contribution in [2.24, 2.45) is 7.05 Å². The molecule has 20 heavy (non-hydrogen) atoms. The zero-order chi connectivity index (χ0) is 14.2. The van der Waals surface area contributed by atoms with Crippen molar-refractivity contribution in [2.75, 3.05) is 18.6 Å². The summed E-state index contributed by atoms with van der Waals surface area (Å²) in [6.07, 6.45) is 9.81. The van der Waals surface area contributed by atoms with Gasteiger partial charge in [-0.25, -0.2) is 0 Å². The Balaban J connectivity index is 1.71. The number of unbranched alkanes of at least 4 members (excludes halogenated alkanes) is 3. The van der Waals surface area contributed by atoms with E-state index < -0.39 is 0 Å². The second kappa shape index (κ2) is 8.38. The van der Waals surface area contributed by atoms with Crippen LogP contribution in [0.3, 0.4) is 0 Å². The van der Waals surface area contributed by atoms with E-state index in [0.29, 0.717) is 0 Å². The van der Waals surface area contributed by atoms with Crippen molar-refractivity contribution < 1.29 is 0 Å². The standard InChI is InChI=1S/C17H26N2S/c1-19-14-15(16-9-5-6-10-17(16)19)13-18-11-7-3-4-8-12-20-2/h5-6,9-10,14,18H,3-4,7-8,11-13H2,1-2H3. The lowest BCUT2D eigenvalue weighted by molar-refractivity contribution is 0.600. The van der Waals surface area contributed by atoms with Gasteiger partial charge < -0.3 is 9.88 Å². The summed E-state index contributed by atoms with van der Waals surface area (Å²) in [5.41, 5.74) is 2.73. The molecular formula is C17H26N2S. The lowest BCUT2D eigenvalue weighted by Crippen LogP contribution is -2.14. The van der Waals surface area contributed by atoms with Gasteiger partial charge in [0, 0.05) is 30.7 Å². The number of thioether (sulfide) groups is 1. The number of hydrogen-bond acceptors (Lipinski definition) is 2. The fraction of sp³-hybridized carbons (Fsp3) is 0.529. The molecule has 1 aromatic heterocycles. The minimum atomic E-state index is 0.978. The molecule has 3 heteroatoms. The first kappa shape index (κ1) is 15.5. The molecule has 110 valence electrons. The Kier molecular flexibility index (Phi) is 6.48. The number of benzene rings is 1. The number of rotatable bonds is 9. The predicted molar refractivity (Wildman–Crippen MR) is 91.5 cm³/mol. The summed E-state index contributed by atoms with van der Waals surface area (Å²) in [7, 11) is 2.12. The third kappa shape index (κ3) is 4.29. The van der Waals surface area contributed by atoms with E-state index in [9.17, 15) is 0 Å². The summed E-state index contributed by atoms with van der Waals surface area (Å²) >= 11 is 1.95. The molecule has 0 spiro atoms. The number of nitrogens with one attached hydrogen (secondary N) is 1. The van der Waals surface area contributed by atoms with Crippen LogP contribution in [0.2, 0.25) is 0 Å². The summed E-state index contributed by atoms with van der Waals surface area (Å²) in [5, 5.41) is 4.96. The zero-order valence-electron chi connectivity index (χ0n) is 12.7. The van der Waals surface area contributed by atoms with Crippen LogP contribution in [0, 0.1) is 0 Å². The Morgan fingerprint density at radius 3 is 2.75 bits per heavy atom. The average Bonchev–Trinajstić information content (AvgIpc) is 2.79. The second-order valence-corrected chi connectivity index (χ2v) is 6.35. The van der Waals surface area contributed by atoms with Gasteiger partial charge in [0.25, 0.3) is 0 Å². The van der Waals surface area contributed by atoms with Crippen LogP contribution in [0.25, 0.3) is 10.9 Å². The Bertz CT molecular complexity index is 519. The van der Waals surface area contributed by atoms with Gasteiger partial charge in [0.05, 0.1) is 0 Å². The molecule has 1 heterocycles. The van der Waals surface area contributed by atoms with Gasteiger partial charge in [0.2, 0.25) is 0 Å². The normalized spacial score (nSPS) is 11.3. The summed E-state index contributed by atoms with van der Waals surface area (Å²) in [4.78, 5) is 0. The van der Waals surface area contributed by atoms with Crippen LogP contribution in [-0.2, 0) is 13.6 Å². The van der Waals surface area contributed by atoms with Crippen LogP contribution in [-0.4, -0.2) is 23.1 Å². The highest BCUT2D eigenvalue weighted by atomic mass is 32.2. The molecule has 0 aliphatic carbocycles. The van der Waals surface area contributed by atoms with Crippen LogP contribution in [0.1, 0.15) is 31.2 Å². The van der Waals surface area contributed by atoms with Gasteiger partial charge in [0.15, 0.2) is 0 Å². The van der Waals surface area contributed by atoms with Gasteiger partial charge in [-0.2, -0.15) is 11.8 Å². The Labute approximate surface area is 126 Å². The van der Waals surface area contributed by atoms with Crippen LogP contribution >= 0.6 is 11.8 Å². The van der Waals surface area contributed by atoms with E-state index in [1.54, 1.807) is 0 Å². The minimum Gasteiger partial charge on any atom is -0.350 e. The number of fused-ring (bicyclic) bond motifs is 1. The monoisotopic (exact) mass is 290 g/mol. The fourth-order valence-electron chi connectivity index (χ4n) is 2.64. The lowest BCUT2D eigenvalue weighted by atomic mass is 10.1. The van der Waals surface area contributed by atoms with Crippen molar-refractivity contribution in [1.82, 2.24) is 9.88 Å². The van der Waals surface area contributed by atoms with E-state index in [4.69, 9.17) is 0 Å². The maximum absolute atomic E-state index is 3.58. The van der Waals surface area contributed by atoms with E-state index in [1.165, 1.54) is 47.9 Å². The average molecular weight is 290 g/mol. The van der Waals surface area contributed by atoms with Crippen molar-refractivity contribution in [3.8, 4) is 0 Å². The largest absolute Gasteiger partial charge is 0.350 e. The Morgan fingerprint density at radius 1 is 1.10 bits per heavy atom. The number of aromatic nitrogens is 1. The molecular weight excluding hydrogens is 264 g/mol. The molecule has 0 aliphatic heterocycles. The van der Waals surface area contributed by atoms with E-state index in [0.717, 1.165) is 13.1 Å². The van der Waals surface area contributed by atoms with Gasteiger partial charge in [0.1, 0.15) is 0 Å². The van der Waals surface area contributed by atoms with Crippen LogP contribution in [0.5, 0.6) is 0 Å². The van der Waals surface area contributed by atoms with Crippen LogP contribution in [0.15, 0.2) is 30.5 Å². The quantitative estimate of drug-likeness (QED) is 0.697. The second-order valence-electron chi connectivity index (χ2n) is 5.37. The van der Waals surface area contributed by atoms with Gasteiger partial charge in [-0.3, -0.25) is 0 Å². The molecule has 0 amide bonds. The zero-order valence-corrected chi connectivity index (χ0v) is 13.5. The van der Waals surface area contributed by atoms with E-state index >= 15 is 0 Å². The van der Waals surface area contributed by atoms with E-state index in [2.05, 4.69) is 53.6 Å². The number of hydrogen-bond donors (Lipinski definition) is 1. The fourth-order valence-corrected chi connectivity index (χ4v) is 3.13. The van der Waals surface area contributed by atoms with Gasteiger partial charge in [-0.1, -0.05) is 31.0 Å². The highest BCUT2D eigenvalue weighted by Crippen LogP contribution is 2.19. The molecule has 1 aromatic carbocycles. The highest BCUT2D eigenvalue weighted by Gasteiger charge is 2.04. The first-order chi connectivity index (χ1) is 9.83. The van der Waals surface area contributed by atoms with Crippen LogP contribution in [0.4, 0.5) is 0 Å². The third-order valence-electron chi connectivity index (χ3n) is 3.75. The maximum atomic E-state index is 3.58. The maximum Gasteiger partial charge on any atom is 0.0481 e.